The number of ether oxygens (including phenoxy) is 1. The molecule has 3 aromatic carbocycles. The van der Waals surface area contributed by atoms with Gasteiger partial charge in [0, 0.05) is 11.3 Å². The van der Waals surface area contributed by atoms with Gasteiger partial charge in [-0.1, -0.05) is 54.4 Å². The van der Waals surface area contributed by atoms with Crippen molar-refractivity contribution in [2.75, 3.05) is 11.5 Å². The zero-order valence-electron chi connectivity index (χ0n) is 18.1. The first-order valence-corrected chi connectivity index (χ1v) is 11.3. The van der Waals surface area contributed by atoms with E-state index in [0.29, 0.717) is 23.5 Å². The smallest absolute Gasteiger partial charge is 0.300 e. The van der Waals surface area contributed by atoms with Gasteiger partial charge in [-0.2, -0.15) is 0 Å². The Labute approximate surface area is 206 Å². The highest BCUT2D eigenvalue weighted by Gasteiger charge is 2.47. The van der Waals surface area contributed by atoms with Crippen molar-refractivity contribution in [1.82, 2.24) is 0 Å². The second-order valence-electron chi connectivity index (χ2n) is 7.70. The molecule has 174 valence electrons. The lowest BCUT2D eigenvalue weighted by Crippen LogP contribution is -2.29. The van der Waals surface area contributed by atoms with Crippen molar-refractivity contribution < 1.29 is 23.8 Å². The third-order valence-electron chi connectivity index (χ3n) is 5.37. The molecule has 1 unspecified atom stereocenters. The molecule has 34 heavy (non-hydrogen) atoms. The van der Waals surface area contributed by atoms with Crippen molar-refractivity contribution >= 4 is 46.3 Å². The van der Waals surface area contributed by atoms with Crippen LogP contribution in [0, 0.1) is 5.82 Å². The predicted molar refractivity (Wildman–Crippen MR) is 130 cm³/mol. The van der Waals surface area contributed by atoms with E-state index in [1.54, 1.807) is 30.3 Å². The molecule has 1 heterocycles. The maximum Gasteiger partial charge on any atom is 0.300 e. The van der Waals surface area contributed by atoms with E-state index < -0.39 is 23.5 Å². The van der Waals surface area contributed by atoms with Crippen molar-refractivity contribution in [2.45, 2.75) is 19.4 Å². The number of carbonyl (C=O) groups excluding carboxylic acids is 2. The molecular formula is C26H20Cl2FNO4. The molecule has 5 nitrogen and oxygen atoms in total. The van der Waals surface area contributed by atoms with Crippen LogP contribution in [0.1, 0.15) is 30.5 Å². The summed E-state index contributed by atoms with van der Waals surface area (Å²) >= 11 is 12.3. The average Bonchev–Trinajstić information content (AvgIpc) is 3.09. The number of anilines is 1. The molecule has 3 aromatic rings. The van der Waals surface area contributed by atoms with Gasteiger partial charge in [-0.05, 0) is 54.4 Å². The Hall–Kier alpha value is -3.35. The van der Waals surface area contributed by atoms with Crippen LogP contribution in [0.2, 0.25) is 10.0 Å². The first-order valence-electron chi connectivity index (χ1n) is 10.6. The molecule has 1 fully saturated rings. The van der Waals surface area contributed by atoms with Crippen molar-refractivity contribution in [2.24, 2.45) is 0 Å². The summed E-state index contributed by atoms with van der Waals surface area (Å²) in [5, 5.41) is 11.7. The third-order valence-corrected chi connectivity index (χ3v) is 6.11. The quantitative estimate of drug-likeness (QED) is 0.237. The minimum Gasteiger partial charge on any atom is -0.507 e. The fourth-order valence-corrected chi connectivity index (χ4v) is 4.14. The Kier molecular flexibility index (Phi) is 6.91. The van der Waals surface area contributed by atoms with Crippen LogP contribution >= 0.6 is 23.2 Å². The minimum atomic E-state index is -1.06. The number of nitrogens with zero attached hydrogens (tertiary/aromatic N) is 1. The molecule has 1 aliphatic heterocycles. The maximum absolute atomic E-state index is 14.0. The van der Waals surface area contributed by atoms with Crippen LogP contribution in [0.3, 0.4) is 0 Å². The molecule has 1 amide bonds. The number of ketones is 1. The molecular weight excluding hydrogens is 480 g/mol. The van der Waals surface area contributed by atoms with Crippen LogP contribution in [-0.2, 0) is 9.59 Å². The van der Waals surface area contributed by atoms with Crippen molar-refractivity contribution in [3.05, 3.63) is 99.3 Å². The molecule has 4 rings (SSSR count). The highest BCUT2D eigenvalue weighted by atomic mass is 35.5. The van der Waals surface area contributed by atoms with Gasteiger partial charge < -0.3 is 9.84 Å². The monoisotopic (exact) mass is 499 g/mol. The predicted octanol–water partition coefficient (Wildman–Crippen LogP) is 6.55. The standard InChI is InChI=1S/C26H20Cl2FNO4/c1-2-11-34-19-8-3-5-16(12-19)24(31)22-23(15-9-10-20(27)21(28)13-15)30(26(33)25(22)32)18-7-4-6-17(29)14-18/h3-10,12-14,23,31H,2,11H2,1H3/b24-22-. The molecule has 1 atom stereocenters. The van der Waals surface area contributed by atoms with Gasteiger partial charge in [0.15, 0.2) is 0 Å². The molecule has 0 aliphatic carbocycles. The Bertz CT molecular complexity index is 1310. The van der Waals surface area contributed by atoms with Crippen LogP contribution in [0.25, 0.3) is 5.76 Å². The van der Waals surface area contributed by atoms with Crippen molar-refractivity contribution in [3.8, 4) is 5.75 Å². The molecule has 0 aromatic heterocycles. The largest absolute Gasteiger partial charge is 0.507 e. The van der Waals surface area contributed by atoms with E-state index in [1.807, 2.05) is 6.92 Å². The summed E-state index contributed by atoms with van der Waals surface area (Å²) in [4.78, 5) is 27.5. The van der Waals surface area contributed by atoms with Crippen molar-refractivity contribution in [1.29, 1.82) is 0 Å². The number of benzene rings is 3. The van der Waals surface area contributed by atoms with Crippen molar-refractivity contribution in [3.63, 3.8) is 0 Å². The number of amides is 1. The van der Waals surface area contributed by atoms with Gasteiger partial charge >= 0.3 is 0 Å². The molecule has 0 radical (unpaired) electrons. The van der Waals surface area contributed by atoms with Gasteiger partial charge in [0.2, 0.25) is 0 Å². The van der Waals surface area contributed by atoms with E-state index in [1.165, 1.54) is 30.3 Å². The summed E-state index contributed by atoms with van der Waals surface area (Å²) in [5.74, 6) is -2.25. The molecule has 0 bridgehead atoms. The van der Waals surface area contributed by atoms with Gasteiger partial charge in [-0.25, -0.2) is 4.39 Å². The highest BCUT2D eigenvalue weighted by Crippen LogP contribution is 2.43. The van der Waals surface area contributed by atoms with E-state index >= 15 is 0 Å². The highest BCUT2D eigenvalue weighted by molar-refractivity contribution is 6.51. The first kappa shape index (κ1) is 23.8. The average molecular weight is 500 g/mol. The second kappa shape index (κ2) is 9.87. The minimum absolute atomic E-state index is 0.153. The molecule has 1 N–H and O–H groups in total. The molecule has 1 saturated heterocycles. The van der Waals surface area contributed by atoms with E-state index in [9.17, 15) is 19.1 Å². The Morgan fingerprint density at radius 3 is 2.50 bits per heavy atom. The fourth-order valence-electron chi connectivity index (χ4n) is 3.83. The Balaban J connectivity index is 1.91. The normalized spacial score (nSPS) is 17.3. The van der Waals surface area contributed by atoms with E-state index in [-0.39, 0.29) is 27.1 Å². The zero-order valence-corrected chi connectivity index (χ0v) is 19.6. The molecule has 0 spiro atoms. The summed E-state index contributed by atoms with van der Waals surface area (Å²) in [7, 11) is 0. The SMILES string of the molecule is CCCOc1cccc(/C(O)=C2/C(=O)C(=O)N(c3cccc(F)c3)C2c2ccc(Cl)c(Cl)c2)c1. The van der Waals surface area contributed by atoms with E-state index in [4.69, 9.17) is 27.9 Å². The summed E-state index contributed by atoms with van der Waals surface area (Å²) in [5.41, 5.74) is 0.742. The molecule has 0 saturated carbocycles. The number of hydrogen-bond donors (Lipinski definition) is 1. The summed E-state index contributed by atoms with van der Waals surface area (Å²) in [6.07, 6.45) is 0.798. The number of rotatable bonds is 6. The van der Waals surface area contributed by atoms with E-state index in [0.717, 1.165) is 17.4 Å². The lowest BCUT2D eigenvalue weighted by Gasteiger charge is -2.25. The van der Waals surface area contributed by atoms with Crippen LogP contribution < -0.4 is 9.64 Å². The Morgan fingerprint density at radius 1 is 1.03 bits per heavy atom. The Morgan fingerprint density at radius 2 is 1.79 bits per heavy atom. The number of hydrogen-bond acceptors (Lipinski definition) is 4. The van der Waals surface area contributed by atoms with E-state index in [2.05, 4.69) is 0 Å². The lowest BCUT2D eigenvalue weighted by molar-refractivity contribution is -0.132. The fraction of sp³-hybridized carbons (Fsp3) is 0.154. The zero-order chi connectivity index (χ0) is 24.4. The summed E-state index contributed by atoms with van der Waals surface area (Å²) in [6, 6.07) is 15.5. The van der Waals surface area contributed by atoms with Crippen LogP contribution in [0.5, 0.6) is 5.75 Å². The molecule has 8 heteroatoms. The first-order chi connectivity index (χ1) is 16.3. The lowest BCUT2D eigenvalue weighted by atomic mass is 9.95. The van der Waals surface area contributed by atoms with Gasteiger partial charge in [0.25, 0.3) is 11.7 Å². The number of aliphatic hydroxyl groups is 1. The third kappa shape index (κ3) is 4.52. The summed E-state index contributed by atoms with van der Waals surface area (Å²) in [6.45, 7) is 2.45. The van der Waals surface area contributed by atoms with Gasteiger partial charge in [-0.15, -0.1) is 0 Å². The molecule has 1 aliphatic rings. The van der Waals surface area contributed by atoms with Gasteiger partial charge in [0.05, 0.1) is 28.3 Å². The number of aliphatic hydroxyl groups excluding tert-OH is 1. The number of Topliss-reactive ketones (excluding diaryl/α,β-unsaturated/α-hetero) is 1. The topological polar surface area (TPSA) is 66.8 Å². The summed E-state index contributed by atoms with van der Waals surface area (Å²) < 4.78 is 19.7. The van der Waals surface area contributed by atoms with Crippen LogP contribution in [0.4, 0.5) is 10.1 Å². The number of halogens is 3. The number of carbonyl (C=O) groups is 2. The maximum atomic E-state index is 14.0. The second-order valence-corrected chi connectivity index (χ2v) is 8.51. The van der Waals surface area contributed by atoms with Gasteiger partial charge in [-0.3, -0.25) is 14.5 Å². The van der Waals surface area contributed by atoms with Gasteiger partial charge in [0.1, 0.15) is 17.3 Å². The van der Waals surface area contributed by atoms with Crippen LogP contribution in [0.15, 0.2) is 72.3 Å². The van der Waals surface area contributed by atoms with Crippen LogP contribution in [-0.4, -0.2) is 23.4 Å².